The molecule has 0 radical (unpaired) electrons. The molecule has 9 heteroatoms. The van der Waals surface area contributed by atoms with Gasteiger partial charge >= 0.3 is 6.18 Å². The van der Waals surface area contributed by atoms with E-state index in [9.17, 15) is 18.0 Å². The zero-order chi connectivity index (χ0) is 22.7. The molecule has 3 aromatic rings. The Bertz CT molecular complexity index is 1110. The second-order valence-corrected chi connectivity index (χ2v) is 7.71. The molecule has 1 aromatic heterocycles. The molecule has 168 valence electrons. The monoisotopic (exact) mass is 443 g/mol. The van der Waals surface area contributed by atoms with E-state index in [0.717, 1.165) is 17.7 Å². The molecule has 1 fully saturated rings. The predicted octanol–water partition coefficient (Wildman–Crippen LogP) is 3.97. The summed E-state index contributed by atoms with van der Waals surface area (Å²) in [7, 11) is 0. The van der Waals surface area contributed by atoms with E-state index < -0.39 is 12.0 Å². The van der Waals surface area contributed by atoms with Crippen molar-refractivity contribution in [3.05, 3.63) is 59.9 Å². The van der Waals surface area contributed by atoms with Crippen LogP contribution in [0.25, 0.3) is 10.9 Å². The van der Waals surface area contributed by atoms with Crippen molar-refractivity contribution in [1.29, 1.82) is 0 Å². The molecular formula is C23H24F3N5O. The van der Waals surface area contributed by atoms with Gasteiger partial charge in [0.15, 0.2) is 0 Å². The van der Waals surface area contributed by atoms with Crippen LogP contribution in [0.1, 0.15) is 18.3 Å². The van der Waals surface area contributed by atoms with Gasteiger partial charge in [0.1, 0.15) is 5.82 Å². The summed E-state index contributed by atoms with van der Waals surface area (Å²) < 4.78 is 39.9. The van der Waals surface area contributed by atoms with E-state index >= 15 is 0 Å². The van der Waals surface area contributed by atoms with E-state index in [0.29, 0.717) is 31.6 Å². The molecular weight excluding hydrogens is 419 g/mol. The van der Waals surface area contributed by atoms with Gasteiger partial charge in [-0.2, -0.15) is 13.2 Å². The fraction of sp³-hybridized carbons (Fsp3) is 0.348. The lowest BCUT2D eigenvalue weighted by atomic mass is 10.1. The lowest BCUT2D eigenvalue weighted by molar-refractivity contribution is -0.144. The Morgan fingerprint density at radius 3 is 2.41 bits per heavy atom. The maximum Gasteiger partial charge on any atom is 0.451 e. The van der Waals surface area contributed by atoms with Crippen molar-refractivity contribution in [3.63, 3.8) is 0 Å². The van der Waals surface area contributed by atoms with Crippen LogP contribution in [0.15, 0.2) is 48.5 Å². The third-order valence-corrected chi connectivity index (χ3v) is 5.55. The summed E-state index contributed by atoms with van der Waals surface area (Å²) >= 11 is 0. The van der Waals surface area contributed by atoms with Gasteiger partial charge < -0.3 is 10.2 Å². The number of carbonyl (C=O) groups is 1. The van der Waals surface area contributed by atoms with E-state index in [1.807, 2.05) is 41.0 Å². The molecule has 0 spiro atoms. The van der Waals surface area contributed by atoms with E-state index in [4.69, 9.17) is 0 Å². The summed E-state index contributed by atoms with van der Waals surface area (Å²) in [6, 6.07) is 14.4. The highest BCUT2D eigenvalue weighted by atomic mass is 19.4. The number of aryl methyl sites for hydroxylation is 1. The molecule has 0 bridgehead atoms. The van der Waals surface area contributed by atoms with Crippen LogP contribution in [0.4, 0.5) is 24.7 Å². The van der Waals surface area contributed by atoms with Crippen LogP contribution >= 0.6 is 0 Å². The Morgan fingerprint density at radius 2 is 1.69 bits per heavy atom. The molecule has 6 nitrogen and oxygen atoms in total. The number of nitrogens with zero attached hydrogens (tertiary/aromatic N) is 4. The molecule has 2 heterocycles. The number of para-hydroxylation sites is 2. The molecule has 1 amide bonds. The molecule has 0 atom stereocenters. The number of aromatic nitrogens is 2. The van der Waals surface area contributed by atoms with E-state index in [1.165, 1.54) is 0 Å². The zero-order valence-corrected chi connectivity index (χ0v) is 17.7. The van der Waals surface area contributed by atoms with Gasteiger partial charge in [-0.05, 0) is 30.2 Å². The van der Waals surface area contributed by atoms with Crippen LogP contribution in [-0.2, 0) is 17.4 Å². The maximum atomic E-state index is 13.3. The molecule has 0 unspecified atom stereocenters. The Balaban J connectivity index is 1.44. The predicted molar refractivity (Wildman–Crippen MR) is 118 cm³/mol. The second-order valence-electron chi connectivity index (χ2n) is 7.71. The van der Waals surface area contributed by atoms with Crippen LogP contribution in [-0.4, -0.2) is 53.5 Å². The summed E-state index contributed by atoms with van der Waals surface area (Å²) in [5, 5.41) is 3.55. The van der Waals surface area contributed by atoms with Gasteiger partial charge in [-0.1, -0.05) is 37.3 Å². The Kier molecular flexibility index (Phi) is 6.27. The Labute approximate surface area is 184 Å². The molecule has 1 aliphatic rings. The first-order valence-corrected chi connectivity index (χ1v) is 10.5. The van der Waals surface area contributed by atoms with Gasteiger partial charge in [0.2, 0.25) is 11.7 Å². The van der Waals surface area contributed by atoms with Gasteiger partial charge in [-0.3, -0.25) is 9.69 Å². The van der Waals surface area contributed by atoms with Crippen molar-refractivity contribution in [2.75, 3.05) is 42.9 Å². The van der Waals surface area contributed by atoms with Gasteiger partial charge in [0.05, 0.1) is 12.1 Å². The van der Waals surface area contributed by atoms with E-state index in [-0.39, 0.29) is 23.8 Å². The first-order chi connectivity index (χ1) is 15.3. The van der Waals surface area contributed by atoms with Gasteiger partial charge in [-0.25, -0.2) is 9.97 Å². The minimum atomic E-state index is -4.62. The molecule has 1 N–H and O–H groups in total. The van der Waals surface area contributed by atoms with Crippen molar-refractivity contribution in [2.24, 2.45) is 0 Å². The number of hydrogen-bond donors (Lipinski definition) is 1. The summed E-state index contributed by atoms with van der Waals surface area (Å²) in [5.74, 6) is -0.960. The number of alkyl halides is 3. The van der Waals surface area contributed by atoms with E-state index in [1.54, 1.807) is 24.3 Å². The topological polar surface area (TPSA) is 61.4 Å². The number of piperazine rings is 1. The minimum Gasteiger partial charge on any atom is -0.353 e. The highest BCUT2D eigenvalue weighted by molar-refractivity contribution is 5.93. The number of hydrogen-bond acceptors (Lipinski definition) is 5. The fourth-order valence-electron chi connectivity index (χ4n) is 3.89. The average Bonchev–Trinajstić information content (AvgIpc) is 2.78. The third-order valence-electron chi connectivity index (χ3n) is 5.55. The third kappa shape index (κ3) is 4.83. The normalized spacial score (nSPS) is 15.2. The van der Waals surface area contributed by atoms with Crippen LogP contribution < -0.4 is 10.2 Å². The van der Waals surface area contributed by atoms with Gasteiger partial charge in [0, 0.05) is 37.3 Å². The number of fused-ring (bicyclic) bond motifs is 1. The Morgan fingerprint density at radius 1 is 1.00 bits per heavy atom. The summed E-state index contributed by atoms with van der Waals surface area (Å²) in [6.07, 6.45) is -3.80. The zero-order valence-electron chi connectivity index (χ0n) is 17.7. The Hall–Kier alpha value is -3.20. The van der Waals surface area contributed by atoms with Gasteiger partial charge in [-0.15, -0.1) is 0 Å². The number of amides is 1. The largest absolute Gasteiger partial charge is 0.451 e. The molecule has 1 saturated heterocycles. The van der Waals surface area contributed by atoms with Gasteiger partial charge in [0.25, 0.3) is 0 Å². The number of anilines is 2. The van der Waals surface area contributed by atoms with Crippen molar-refractivity contribution in [1.82, 2.24) is 14.9 Å². The van der Waals surface area contributed by atoms with E-state index in [2.05, 4.69) is 15.3 Å². The molecule has 0 aliphatic carbocycles. The lowest BCUT2D eigenvalue weighted by Crippen LogP contribution is -2.49. The SMILES string of the molecule is CCc1ccccc1NC(=O)CN1CCN(c2nc(C(F)(F)F)nc3ccccc23)CC1. The minimum absolute atomic E-state index is 0.105. The number of rotatable bonds is 5. The lowest BCUT2D eigenvalue weighted by Gasteiger charge is -2.35. The number of benzene rings is 2. The highest BCUT2D eigenvalue weighted by Crippen LogP contribution is 2.32. The summed E-state index contributed by atoms with van der Waals surface area (Å²) in [4.78, 5) is 23.9. The average molecular weight is 443 g/mol. The van der Waals surface area contributed by atoms with Crippen LogP contribution in [0, 0.1) is 0 Å². The molecule has 2 aromatic carbocycles. The number of carbonyl (C=O) groups excluding carboxylic acids is 1. The maximum absolute atomic E-state index is 13.3. The summed E-state index contributed by atoms with van der Waals surface area (Å²) in [5.41, 5.74) is 2.15. The van der Waals surface area contributed by atoms with Crippen LogP contribution in [0.2, 0.25) is 0 Å². The fourth-order valence-corrected chi connectivity index (χ4v) is 3.89. The quantitative estimate of drug-likeness (QED) is 0.647. The smallest absolute Gasteiger partial charge is 0.353 e. The van der Waals surface area contributed by atoms with Crippen LogP contribution in [0.5, 0.6) is 0 Å². The van der Waals surface area contributed by atoms with Crippen molar-refractivity contribution in [2.45, 2.75) is 19.5 Å². The standard InChI is InChI=1S/C23H24F3N5O/c1-2-16-7-3-5-9-18(16)27-20(32)15-30-11-13-31(14-12-30)21-17-8-4-6-10-19(17)28-22(29-21)23(24,25)26/h3-10H,2,11-15H2,1H3,(H,27,32). The second kappa shape index (κ2) is 9.12. The first kappa shape index (κ1) is 22.0. The molecule has 0 saturated carbocycles. The van der Waals surface area contributed by atoms with Crippen molar-refractivity contribution in [3.8, 4) is 0 Å². The summed E-state index contributed by atoms with van der Waals surface area (Å²) in [6.45, 7) is 4.29. The number of nitrogens with one attached hydrogen (secondary N) is 1. The molecule has 4 rings (SSSR count). The molecule has 32 heavy (non-hydrogen) atoms. The highest BCUT2D eigenvalue weighted by Gasteiger charge is 2.36. The van der Waals surface area contributed by atoms with Crippen molar-refractivity contribution < 1.29 is 18.0 Å². The number of halogens is 3. The van der Waals surface area contributed by atoms with Crippen LogP contribution in [0.3, 0.4) is 0 Å². The first-order valence-electron chi connectivity index (χ1n) is 10.5. The molecule has 1 aliphatic heterocycles. The van der Waals surface area contributed by atoms with Crippen molar-refractivity contribution >= 4 is 28.3 Å².